The average Bonchev–Trinajstić information content (AvgIpc) is 2.53. The van der Waals surface area contributed by atoms with Gasteiger partial charge in [0.25, 0.3) is 0 Å². The lowest BCUT2D eigenvalue weighted by Crippen LogP contribution is -2.34. The molecule has 1 amide bonds. The Morgan fingerprint density at radius 2 is 1.74 bits per heavy atom. The Balaban J connectivity index is 1.98. The van der Waals surface area contributed by atoms with Crippen LogP contribution in [0.25, 0.3) is 0 Å². The number of carbonyl (C=O) groups is 2. The number of nitrogens with one attached hydrogen (secondary N) is 1. The summed E-state index contributed by atoms with van der Waals surface area (Å²) in [5.41, 5.74) is 2.60. The molecule has 0 saturated heterocycles. The van der Waals surface area contributed by atoms with Crippen LogP contribution in [0.3, 0.4) is 0 Å². The van der Waals surface area contributed by atoms with Gasteiger partial charge in [0, 0.05) is 12.4 Å². The van der Waals surface area contributed by atoms with Gasteiger partial charge < -0.3 is 20.0 Å². The van der Waals surface area contributed by atoms with Crippen LogP contribution >= 0.6 is 0 Å². The fourth-order valence-electron chi connectivity index (χ4n) is 2.12. The molecule has 0 bridgehead atoms. The van der Waals surface area contributed by atoms with Crippen LogP contribution in [0.15, 0.2) is 54.6 Å². The summed E-state index contributed by atoms with van der Waals surface area (Å²) in [7, 11) is 0. The van der Waals surface area contributed by atoms with E-state index in [-0.39, 0.29) is 13.0 Å². The molecule has 0 heterocycles. The number of benzene rings is 2. The summed E-state index contributed by atoms with van der Waals surface area (Å²) in [5, 5.41) is 13.5. The largest absolute Gasteiger partial charge is 0.550 e. The van der Waals surface area contributed by atoms with E-state index in [0.29, 0.717) is 5.56 Å². The number of amides is 1. The normalized spacial score (nSPS) is 11.5. The maximum atomic E-state index is 11.9. The highest BCUT2D eigenvalue weighted by Gasteiger charge is 2.16. The van der Waals surface area contributed by atoms with Crippen molar-refractivity contribution in [1.82, 2.24) is 5.32 Å². The molecule has 0 aliphatic carbocycles. The van der Waals surface area contributed by atoms with Gasteiger partial charge in [-0.3, -0.25) is 0 Å². The lowest BCUT2D eigenvalue weighted by Gasteiger charge is -2.19. The molecule has 0 fully saturated rings. The van der Waals surface area contributed by atoms with Gasteiger partial charge in [-0.2, -0.15) is 0 Å². The van der Waals surface area contributed by atoms with Gasteiger partial charge in [-0.25, -0.2) is 4.79 Å². The van der Waals surface area contributed by atoms with E-state index in [2.05, 4.69) is 5.32 Å². The van der Waals surface area contributed by atoms with Gasteiger partial charge in [-0.1, -0.05) is 60.2 Å². The third-order valence-electron chi connectivity index (χ3n) is 3.36. The maximum absolute atomic E-state index is 11.9. The standard InChI is InChI=1S/C18H19NO4/c1-13-7-9-15(10-8-13)16(11-17(20)21)19-18(22)23-12-14-5-3-2-4-6-14/h2-10,16H,11-12H2,1H3,(H,19,22)(H,20,21)/p-1/t16-/m1/s1. The lowest BCUT2D eigenvalue weighted by atomic mass is 10.0. The summed E-state index contributed by atoms with van der Waals surface area (Å²) >= 11 is 0. The zero-order valence-corrected chi connectivity index (χ0v) is 12.8. The lowest BCUT2D eigenvalue weighted by molar-refractivity contribution is -0.306. The predicted octanol–water partition coefficient (Wildman–Crippen LogP) is 2.10. The molecule has 5 nitrogen and oxygen atoms in total. The number of aliphatic carboxylic acids is 1. The first kappa shape index (κ1) is 16.5. The number of ether oxygens (including phenoxy) is 1. The van der Waals surface area contributed by atoms with Crippen LogP contribution < -0.4 is 10.4 Å². The first-order valence-electron chi connectivity index (χ1n) is 7.28. The molecule has 0 aliphatic rings. The second kappa shape index (κ2) is 7.98. The number of aryl methyl sites for hydroxylation is 1. The summed E-state index contributed by atoms with van der Waals surface area (Å²) in [6.07, 6.45) is -0.982. The van der Waals surface area contributed by atoms with E-state index < -0.39 is 18.1 Å². The van der Waals surface area contributed by atoms with Crippen molar-refractivity contribution in [3.05, 3.63) is 71.3 Å². The molecule has 0 spiro atoms. The fourth-order valence-corrected chi connectivity index (χ4v) is 2.12. The van der Waals surface area contributed by atoms with Gasteiger partial charge in [0.2, 0.25) is 0 Å². The molecule has 0 aromatic heterocycles. The van der Waals surface area contributed by atoms with Crippen LogP contribution in [0.2, 0.25) is 0 Å². The highest BCUT2D eigenvalue weighted by atomic mass is 16.5. The van der Waals surface area contributed by atoms with Crippen LogP contribution in [0.4, 0.5) is 4.79 Å². The van der Waals surface area contributed by atoms with Gasteiger partial charge in [-0.05, 0) is 18.1 Å². The molecule has 1 atom stereocenters. The van der Waals surface area contributed by atoms with Crippen molar-refractivity contribution in [3.63, 3.8) is 0 Å². The summed E-state index contributed by atoms with van der Waals surface area (Å²) in [6.45, 7) is 2.05. The SMILES string of the molecule is Cc1ccc([C@@H](CC(=O)[O-])NC(=O)OCc2ccccc2)cc1. The fraction of sp³-hybridized carbons (Fsp3) is 0.222. The molecule has 1 N–H and O–H groups in total. The summed E-state index contributed by atoms with van der Waals surface area (Å²) in [4.78, 5) is 22.8. The Bertz CT molecular complexity index is 652. The Morgan fingerprint density at radius 3 is 2.35 bits per heavy atom. The predicted molar refractivity (Wildman–Crippen MR) is 83.3 cm³/mol. The van der Waals surface area contributed by atoms with E-state index in [0.717, 1.165) is 11.1 Å². The monoisotopic (exact) mass is 312 g/mol. The molecule has 0 saturated carbocycles. The van der Waals surface area contributed by atoms with Crippen molar-refractivity contribution in [2.75, 3.05) is 0 Å². The minimum Gasteiger partial charge on any atom is -0.550 e. The van der Waals surface area contributed by atoms with Crippen molar-refractivity contribution in [2.45, 2.75) is 26.0 Å². The van der Waals surface area contributed by atoms with Crippen LogP contribution in [-0.2, 0) is 16.1 Å². The maximum Gasteiger partial charge on any atom is 0.407 e. The van der Waals surface area contributed by atoms with Crippen molar-refractivity contribution in [1.29, 1.82) is 0 Å². The van der Waals surface area contributed by atoms with E-state index in [9.17, 15) is 14.7 Å². The Labute approximate surface area is 134 Å². The molecular formula is C18H18NO4-. The molecule has 2 rings (SSSR count). The highest BCUT2D eigenvalue weighted by Crippen LogP contribution is 2.17. The molecule has 2 aromatic rings. The molecular weight excluding hydrogens is 294 g/mol. The molecule has 23 heavy (non-hydrogen) atoms. The van der Waals surface area contributed by atoms with E-state index in [1.807, 2.05) is 49.4 Å². The second-order valence-corrected chi connectivity index (χ2v) is 5.25. The average molecular weight is 312 g/mol. The van der Waals surface area contributed by atoms with Crippen LogP contribution in [0.1, 0.15) is 29.2 Å². The third-order valence-corrected chi connectivity index (χ3v) is 3.36. The second-order valence-electron chi connectivity index (χ2n) is 5.25. The highest BCUT2D eigenvalue weighted by molar-refractivity contribution is 5.71. The molecule has 120 valence electrons. The number of hydrogen-bond acceptors (Lipinski definition) is 4. The number of carboxylic acid groups (broad SMARTS) is 1. The number of carboxylic acids is 1. The third kappa shape index (κ3) is 5.47. The smallest absolute Gasteiger partial charge is 0.407 e. The van der Waals surface area contributed by atoms with Gasteiger partial charge in [0.1, 0.15) is 6.61 Å². The molecule has 5 heteroatoms. The zero-order chi connectivity index (χ0) is 16.7. The Morgan fingerprint density at radius 1 is 1.09 bits per heavy atom. The molecule has 0 radical (unpaired) electrons. The van der Waals surface area contributed by atoms with E-state index >= 15 is 0 Å². The topological polar surface area (TPSA) is 78.5 Å². The zero-order valence-electron chi connectivity index (χ0n) is 12.8. The first-order chi connectivity index (χ1) is 11.0. The molecule has 2 aromatic carbocycles. The summed E-state index contributed by atoms with van der Waals surface area (Å²) in [5.74, 6) is -1.24. The van der Waals surface area contributed by atoms with Crippen molar-refractivity contribution >= 4 is 12.1 Å². The van der Waals surface area contributed by atoms with E-state index in [1.54, 1.807) is 12.1 Å². The van der Waals surface area contributed by atoms with Crippen molar-refractivity contribution in [2.24, 2.45) is 0 Å². The van der Waals surface area contributed by atoms with Crippen molar-refractivity contribution in [3.8, 4) is 0 Å². The Hall–Kier alpha value is -2.82. The van der Waals surface area contributed by atoms with E-state index in [1.165, 1.54) is 0 Å². The number of hydrogen-bond donors (Lipinski definition) is 1. The first-order valence-corrected chi connectivity index (χ1v) is 7.28. The minimum absolute atomic E-state index is 0.124. The number of carbonyl (C=O) groups excluding carboxylic acids is 2. The quantitative estimate of drug-likeness (QED) is 0.886. The van der Waals surface area contributed by atoms with Crippen LogP contribution in [0.5, 0.6) is 0 Å². The van der Waals surface area contributed by atoms with Crippen LogP contribution in [0, 0.1) is 6.92 Å². The molecule has 0 unspecified atom stereocenters. The van der Waals surface area contributed by atoms with Crippen LogP contribution in [-0.4, -0.2) is 12.1 Å². The molecule has 0 aliphatic heterocycles. The van der Waals surface area contributed by atoms with E-state index in [4.69, 9.17) is 4.74 Å². The van der Waals surface area contributed by atoms with Crippen molar-refractivity contribution < 1.29 is 19.4 Å². The number of alkyl carbamates (subject to hydrolysis) is 1. The number of rotatable bonds is 6. The minimum atomic E-state index is -1.24. The summed E-state index contributed by atoms with van der Waals surface area (Å²) in [6, 6.07) is 15.8. The Kier molecular flexibility index (Phi) is 5.74. The van der Waals surface area contributed by atoms with Gasteiger partial charge in [0.15, 0.2) is 0 Å². The van der Waals surface area contributed by atoms with Gasteiger partial charge >= 0.3 is 6.09 Å². The van der Waals surface area contributed by atoms with Gasteiger partial charge in [0.05, 0.1) is 6.04 Å². The summed E-state index contributed by atoms with van der Waals surface area (Å²) < 4.78 is 5.12. The van der Waals surface area contributed by atoms with Gasteiger partial charge in [-0.15, -0.1) is 0 Å².